The zero-order chi connectivity index (χ0) is 32.9. The van der Waals surface area contributed by atoms with Gasteiger partial charge in [0.15, 0.2) is 5.66 Å². The van der Waals surface area contributed by atoms with Crippen molar-refractivity contribution in [3.8, 4) is 22.6 Å². The number of ether oxygens (including phenoxy) is 1. The fourth-order valence-corrected chi connectivity index (χ4v) is 8.71. The van der Waals surface area contributed by atoms with Crippen molar-refractivity contribution in [1.29, 1.82) is 0 Å². The Morgan fingerprint density at radius 1 is 0.620 bits per heavy atom. The van der Waals surface area contributed by atoms with Crippen molar-refractivity contribution in [3.05, 3.63) is 192 Å². The van der Waals surface area contributed by atoms with Gasteiger partial charge in [-0.25, -0.2) is 9.98 Å². The van der Waals surface area contributed by atoms with Crippen molar-refractivity contribution >= 4 is 33.5 Å². The number of hydrogen-bond acceptors (Lipinski definition) is 4. The van der Waals surface area contributed by atoms with Gasteiger partial charge in [-0.2, -0.15) is 0 Å². The number of amidine groups is 2. The van der Waals surface area contributed by atoms with Gasteiger partial charge in [-0.15, -0.1) is 0 Å². The van der Waals surface area contributed by atoms with Crippen molar-refractivity contribution in [3.63, 3.8) is 0 Å². The van der Waals surface area contributed by atoms with E-state index in [9.17, 15) is 0 Å². The van der Waals surface area contributed by atoms with E-state index < -0.39 is 11.1 Å². The molecule has 4 aliphatic rings. The Hall–Kier alpha value is -6.46. The standard InChI is InChI=1S/C45H30N4O/c1-4-14-29(15-5-1)42-46-43(30-16-6-2-7-17-30)48-45(47-42)39-24-13-25-40-44(39,45)36-28-31(26-27-38(36)50-40)33-21-12-22-35-34-20-10-11-23-37(34)49(41(33)35)32-18-8-3-9-19-32/h1-28,39H,(H,46,47,48). The predicted octanol–water partition coefficient (Wildman–Crippen LogP) is 9.36. The quantitative estimate of drug-likeness (QED) is 0.208. The Bertz CT molecular complexity index is 2600. The van der Waals surface area contributed by atoms with E-state index >= 15 is 0 Å². The minimum Gasteiger partial charge on any atom is -0.460 e. The molecule has 2 aliphatic heterocycles. The zero-order valence-corrected chi connectivity index (χ0v) is 27.0. The van der Waals surface area contributed by atoms with Gasteiger partial charge in [-0.1, -0.05) is 133 Å². The van der Waals surface area contributed by atoms with Gasteiger partial charge in [0.05, 0.1) is 11.0 Å². The summed E-state index contributed by atoms with van der Waals surface area (Å²) in [5.41, 5.74) is 7.64. The van der Waals surface area contributed by atoms with Crippen LogP contribution in [0.15, 0.2) is 186 Å². The topological polar surface area (TPSA) is 50.9 Å². The lowest BCUT2D eigenvalue weighted by molar-refractivity contribution is 0.404. The lowest BCUT2D eigenvalue weighted by Gasteiger charge is -2.25. The molecule has 2 unspecified atom stereocenters. The molecular weight excluding hydrogens is 613 g/mol. The molecule has 2 atom stereocenters. The van der Waals surface area contributed by atoms with Gasteiger partial charge >= 0.3 is 0 Å². The van der Waals surface area contributed by atoms with Crippen molar-refractivity contribution < 1.29 is 4.74 Å². The molecule has 3 heterocycles. The summed E-state index contributed by atoms with van der Waals surface area (Å²) in [6.07, 6.45) is 6.48. The van der Waals surface area contributed by atoms with Crippen molar-refractivity contribution in [2.45, 2.75) is 11.1 Å². The predicted molar refractivity (Wildman–Crippen MR) is 201 cm³/mol. The lowest BCUT2D eigenvalue weighted by Crippen LogP contribution is -2.40. The molecule has 1 N–H and O–H groups in total. The Morgan fingerprint density at radius 2 is 1.28 bits per heavy atom. The third-order valence-corrected chi connectivity index (χ3v) is 10.9. The van der Waals surface area contributed by atoms with E-state index in [1.165, 1.54) is 27.4 Å². The molecule has 1 aromatic heterocycles. The highest BCUT2D eigenvalue weighted by Gasteiger charge is 2.84. The Kier molecular flexibility index (Phi) is 5.52. The van der Waals surface area contributed by atoms with E-state index in [4.69, 9.17) is 14.7 Å². The number of allylic oxidation sites excluding steroid dienone is 2. The molecule has 11 rings (SSSR count). The molecule has 0 saturated heterocycles. The number of rotatable bonds is 4. The van der Waals surface area contributed by atoms with Gasteiger partial charge in [0, 0.05) is 44.6 Å². The Labute approximate surface area is 289 Å². The number of aliphatic imine (C=N–C) groups is 2. The minimum atomic E-state index is -0.803. The van der Waals surface area contributed by atoms with Crippen LogP contribution in [0.1, 0.15) is 16.7 Å². The second kappa shape index (κ2) is 10.0. The van der Waals surface area contributed by atoms with Gasteiger partial charge in [0.1, 0.15) is 28.6 Å². The first-order chi connectivity index (χ1) is 24.8. The van der Waals surface area contributed by atoms with Gasteiger partial charge in [-0.05, 0) is 42.0 Å². The summed E-state index contributed by atoms with van der Waals surface area (Å²) in [5, 5.41) is 6.06. The van der Waals surface area contributed by atoms with Gasteiger partial charge in [0.25, 0.3) is 0 Å². The molecular formula is C45H30N4O. The van der Waals surface area contributed by atoms with Gasteiger partial charge in [0.2, 0.25) is 0 Å². The summed E-state index contributed by atoms with van der Waals surface area (Å²) in [6.45, 7) is 0. The van der Waals surface area contributed by atoms with Gasteiger partial charge < -0.3 is 14.6 Å². The molecule has 6 aromatic carbocycles. The van der Waals surface area contributed by atoms with Crippen LogP contribution in [-0.2, 0) is 5.41 Å². The summed E-state index contributed by atoms with van der Waals surface area (Å²) in [4.78, 5) is 11.0. The third kappa shape index (κ3) is 3.56. The van der Waals surface area contributed by atoms with E-state index in [-0.39, 0.29) is 5.92 Å². The maximum atomic E-state index is 6.73. The Balaban J connectivity index is 1.14. The van der Waals surface area contributed by atoms with E-state index in [1.54, 1.807) is 0 Å². The lowest BCUT2D eigenvalue weighted by atomic mass is 9.87. The summed E-state index contributed by atoms with van der Waals surface area (Å²) >= 11 is 0. The summed E-state index contributed by atoms with van der Waals surface area (Å²) < 4.78 is 9.13. The smallest absolute Gasteiger partial charge is 0.179 e. The number of para-hydroxylation sites is 3. The van der Waals surface area contributed by atoms with Crippen LogP contribution >= 0.6 is 0 Å². The number of benzene rings is 6. The van der Waals surface area contributed by atoms with Crippen LogP contribution in [0, 0.1) is 5.92 Å². The van der Waals surface area contributed by atoms with E-state index in [1.807, 2.05) is 12.1 Å². The molecule has 1 fully saturated rings. The van der Waals surface area contributed by atoms with Crippen LogP contribution in [0.4, 0.5) is 0 Å². The fraction of sp³-hybridized carbons (Fsp3) is 0.0667. The first-order valence-corrected chi connectivity index (χ1v) is 17.1. The highest BCUT2D eigenvalue weighted by atomic mass is 16.5. The normalized spacial score (nSPS) is 20.6. The van der Waals surface area contributed by atoms with Crippen LogP contribution in [0.3, 0.4) is 0 Å². The molecule has 2 aliphatic carbocycles. The molecule has 1 saturated carbocycles. The molecule has 5 heteroatoms. The van der Waals surface area contributed by atoms with Crippen molar-refractivity contribution in [2.75, 3.05) is 0 Å². The SMILES string of the molecule is C1=CC2C3(N=C(c4ccccc4)NC(c4ccccc4)=N3)C23C(=C1)Oc1ccc(-c2cccc4c5ccccc5n(-c5ccccc5)c24)cc13. The molecule has 5 nitrogen and oxygen atoms in total. The van der Waals surface area contributed by atoms with E-state index in [0.717, 1.165) is 51.1 Å². The van der Waals surface area contributed by atoms with Crippen LogP contribution in [0.2, 0.25) is 0 Å². The first-order valence-electron chi connectivity index (χ1n) is 17.1. The van der Waals surface area contributed by atoms with Crippen molar-refractivity contribution in [1.82, 2.24) is 9.88 Å². The van der Waals surface area contributed by atoms with E-state index in [0.29, 0.717) is 0 Å². The first kappa shape index (κ1) is 27.5. The Morgan fingerprint density at radius 3 is 2.02 bits per heavy atom. The average molecular weight is 643 g/mol. The van der Waals surface area contributed by atoms with Crippen LogP contribution < -0.4 is 10.1 Å². The minimum absolute atomic E-state index is 0.00224. The number of aromatic nitrogens is 1. The largest absolute Gasteiger partial charge is 0.460 e. The second-order valence-electron chi connectivity index (χ2n) is 13.4. The molecule has 2 spiro atoms. The van der Waals surface area contributed by atoms with Crippen LogP contribution in [0.25, 0.3) is 38.6 Å². The van der Waals surface area contributed by atoms with Crippen LogP contribution in [-0.4, -0.2) is 21.9 Å². The molecule has 7 aromatic rings. The second-order valence-corrected chi connectivity index (χ2v) is 13.4. The summed E-state index contributed by atoms with van der Waals surface area (Å²) in [5.74, 6) is 3.41. The van der Waals surface area contributed by atoms with Crippen molar-refractivity contribution in [2.24, 2.45) is 15.9 Å². The molecule has 50 heavy (non-hydrogen) atoms. The van der Waals surface area contributed by atoms with E-state index in [2.05, 4.69) is 168 Å². The maximum Gasteiger partial charge on any atom is 0.179 e. The highest BCUT2D eigenvalue weighted by molar-refractivity contribution is 6.17. The molecule has 0 bridgehead atoms. The fourth-order valence-electron chi connectivity index (χ4n) is 8.71. The molecule has 0 amide bonds. The number of hydrogen-bond donors (Lipinski definition) is 1. The summed E-state index contributed by atoms with van der Waals surface area (Å²) in [7, 11) is 0. The average Bonchev–Trinajstić information content (AvgIpc) is 3.42. The van der Waals surface area contributed by atoms with Crippen LogP contribution in [0.5, 0.6) is 5.75 Å². The maximum absolute atomic E-state index is 6.73. The molecule has 0 radical (unpaired) electrons. The van der Waals surface area contributed by atoms with Gasteiger partial charge in [-0.3, -0.25) is 0 Å². The number of fused-ring (bicyclic) bond motifs is 5. The number of nitrogens with one attached hydrogen (secondary N) is 1. The zero-order valence-electron chi connectivity index (χ0n) is 27.0. The molecule has 236 valence electrons. The number of nitrogens with zero attached hydrogens (tertiary/aromatic N) is 3. The monoisotopic (exact) mass is 642 g/mol. The highest BCUT2D eigenvalue weighted by Crippen LogP contribution is 2.76. The third-order valence-electron chi connectivity index (χ3n) is 10.9. The summed E-state index contributed by atoms with van der Waals surface area (Å²) in [6, 6.07) is 53.4.